The number of nitrogens with zero attached hydrogens (tertiary/aromatic N) is 1. The molecule has 0 spiro atoms. The predicted octanol–water partition coefficient (Wildman–Crippen LogP) is 5.25. The number of hydrogen-bond acceptors (Lipinski definition) is 5. The fourth-order valence-electron chi connectivity index (χ4n) is 2.53. The minimum atomic E-state index is 0.565. The van der Waals surface area contributed by atoms with Gasteiger partial charge in [-0.3, -0.25) is 0 Å². The number of halogens is 1. The summed E-state index contributed by atoms with van der Waals surface area (Å²) in [4.78, 5) is 0.946. The quantitative estimate of drug-likeness (QED) is 0.602. The van der Waals surface area contributed by atoms with Gasteiger partial charge in [0.05, 0.1) is 25.6 Å². The summed E-state index contributed by atoms with van der Waals surface area (Å²) in [5.74, 6) is 2.01. The van der Waals surface area contributed by atoms with Crippen LogP contribution >= 0.6 is 35.2 Å². The van der Waals surface area contributed by atoms with Crippen LogP contribution in [0, 0.1) is 3.95 Å². The van der Waals surface area contributed by atoms with Crippen LogP contribution in [0.25, 0.3) is 10.4 Å². The van der Waals surface area contributed by atoms with Gasteiger partial charge < -0.3 is 19.8 Å². The minimum Gasteiger partial charge on any atom is -0.493 e. The molecule has 2 aromatic carbocycles. The maximum Gasteiger partial charge on any atom is 0.163 e. The number of nitrogen functional groups attached to an aromatic ring is 1. The van der Waals surface area contributed by atoms with E-state index in [1.165, 1.54) is 11.3 Å². The second-order valence-electron chi connectivity index (χ2n) is 5.36. The predicted molar refractivity (Wildman–Crippen MR) is 107 cm³/mol. The molecule has 0 aliphatic carbocycles. The van der Waals surface area contributed by atoms with Crippen LogP contribution < -0.4 is 15.2 Å². The Morgan fingerprint density at radius 2 is 1.76 bits per heavy atom. The van der Waals surface area contributed by atoms with E-state index in [-0.39, 0.29) is 0 Å². The van der Waals surface area contributed by atoms with Crippen molar-refractivity contribution in [2.75, 3.05) is 20.0 Å². The lowest BCUT2D eigenvalue weighted by atomic mass is 10.2. The van der Waals surface area contributed by atoms with Gasteiger partial charge in [0.25, 0.3) is 0 Å². The van der Waals surface area contributed by atoms with Gasteiger partial charge in [0.1, 0.15) is 5.82 Å². The topological polar surface area (TPSA) is 49.4 Å². The van der Waals surface area contributed by atoms with Crippen LogP contribution in [0.2, 0.25) is 5.02 Å². The Labute approximate surface area is 160 Å². The molecule has 4 nitrogen and oxygen atoms in total. The Balaban J connectivity index is 1.96. The van der Waals surface area contributed by atoms with E-state index >= 15 is 0 Å². The highest BCUT2D eigenvalue weighted by Crippen LogP contribution is 2.35. The average Bonchev–Trinajstić information content (AvgIpc) is 2.90. The zero-order valence-corrected chi connectivity index (χ0v) is 16.2. The van der Waals surface area contributed by atoms with Crippen molar-refractivity contribution in [1.82, 2.24) is 4.57 Å². The van der Waals surface area contributed by atoms with Crippen LogP contribution in [0.4, 0.5) is 5.82 Å². The molecule has 0 fully saturated rings. The minimum absolute atomic E-state index is 0.565. The number of ether oxygens (including phenoxy) is 2. The van der Waals surface area contributed by atoms with Crippen molar-refractivity contribution in [3.05, 3.63) is 57.0 Å². The lowest BCUT2D eigenvalue weighted by Gasteiger charge is -2.11. The maximum absolute atomic E-state index is 6.37. The summed E-state index contributed by atoms with van der Waals surface area (Å²) in [6, 6.07) is 13.4. The Morgan fingerprint density at radius 3 is 2.40 bits per heavy atom. The van der Waals surface area contributed by atoms with Crippen molar-refractivity contribution in [3.8, 4) is 21.9 Å². The van der Waals surface area contributed by atoms with Gasteiger partial charge in [0.15, 0.2) is 15.5 Å². The first-order chi connectivity index (χ1) is 12.0. The molecule has 0 radical (unpaired) electrons. The molecule has 2 N–H and O–H groups in total. The van der Waals surface area contributed by atoms with E-state index in [0.717, 1.165) is 20.0 Å². The monoisotopic (exact) mass is 392 g/mol. The normalized spacial score (nSPS) is 10.7. The Morgan fingerprint density at radius 1 is 1.08 bits per heavy atom. The second kappa shape index (κ2) is 7.47. The summed E-state index contributed by atoms with van der Waals surface area (Å²) < 4.78 is 13.3. The molecule has 0 bridgehead atoms. The largest absolute Gasteiger partial charge is 0.493 e. The van der Waals surface area contributed by atoms with Gasteiger partial charge in [0.2, 0.25) is 0 Å². The molecule has 130 valence electrons. The van der Waals surface area contributed by atoms with Crippen molar-refractivity contribution in [1.29, 1.82) is 0 Å². The summed E-state index contributed by atoms with van der Waals surface area (Å²) in [5, 5.41) is 0.690. The van der Waals surface area contributed by atoms with E-state index in [1.54, 1.807) is 14.2 Å². The highest BCUT2D eigenvalue weighted by Gasteiger charge is 2.13. The third-order valence-electron chi connectivity index (χ3n) is 3.83. The van der Waals surface area contributed by atoms with Crippen molar-refractivity contribution in [2.24, 2.45) is 0 Å². The zero-order chi connectivity index (χ0) is 18.0. The molecule has 0 aliphatic heterocycles. The highest BCUT2D eigenvalue weighted by molar-refractivity contribution is 7.73. The van der Waals surface area contributed by atoms with Gasteiger partial charge in [-0.2, -0.15) is 0 Å². The van der Waals surface area contributed by atoms with Gasteiger partial charge in [0, 0.05) is 5.02 Å². The molecule has 3 aromatic rings. The molecule has 0 saturated carbocycles. The van der Waals surface area contributed by atoms with Gasteiger partial charge in [-0.05, 0) is 47.6 Å². The third-order valence-corrected chi connectivity index (χ3v) is 5.59. The fraction of sp³-hybridized carbons (Fsp3) is 0.167. The smallest absolute Gasteiger partial charge is 0.163 e. The average molecular weight is 393 g/mol. The van der Waals surface area contributed by atoms with Gasteiger partial charge in [-0.15, -0.1) is 11.3 Å². The van der Waals surface area contributed by atoms with Crippen LogP contribution in [0.5, 0.6) is 11.5 Å². The third kappa shape index (κ3) is 3.66. The van der Waals surface area contributed by atoms with E-state index in [9.17, 15) is 0 Å². The van der Waals surface area contributed by atoms with Gasteiger partial charge in [-0.1, -0.05) is 29.8 Å². The van der Waals surface area contributed by atoms with E-state index in [2.05, 4.69) is 0 Å². The molecule has 0 saturated heterocycles. The number of anilines is 1. The fourth-order valence-corrected chi connectivity index (χ4v) is 3.99. The maximum atomic E-state index is 6.37. The van der Waals surface area contributed by atoms with Crippen LogP contribution in [0.3, 0.4) is 0 Å². The standard InChI is InChI=1S/C18H17ClN2O2S2/c1-22-14-8-3-11(9-15(14)23-2)10-21-17(20)16(25-18(21)24)12-4-6-13(19)7-5-12/h3-9H,10,20H2,1-2H3. The van der Waals surface area contributed by atoms with E-state index in [0.29, 0.717) is 28.9 Å². The summed E-state index contributed by atoms with van der Waals surface area (Å²) in [6.07, 6.45) is 0. The molecule has 1 aromatic heterocycles. The van der Waals surface area contributed by atoms with E-state index in [4.69, 9.17) is 39.0 Å². The van der Waals surface area contributed by atoms with Crippen molar-refractivity contribution in [2.45, 2.75) is 6.54 Å². The Bertz CT molecular complexity index is 949. The molecule has 0 unspecified atom stereocenters. The lowest BCUT2D eigenvalue weighted by molar-refractivity contribution is 0.354. The summed E-state index contributed by atoms with van der Waals surface area (Å²) in [7, 11) is 3.23. The van der Waals surface area contributed by atoms with Gasteiger partial charge >= 0.3 is 0 Å². The summed E-state index contributed by atoms with van der Waals surface area (Å²) in [6.45, 7) is 0.565. The van der Waals surface area contributed by atoms with Gasteiger partial charge in [-0.25, -0.2) is 0 Å². The molecule has 3 rings (SSSR count). The zero-order valence-electron chi connectivity index (χ0n) is 13.8. The van der Waals surface area contributed by atoms with Crippen LogP contribution in [0.1, 0.15) is 5.56 Å². The Kier molecular flexibility index (Phi) is 5.32. The number of methoxy groups -OCH3 is 2. The SMILES string of the molecule is COc1ccc(Cn2c(N)c(-c3ccc(Cl)cc3)sc2=S)cc1OC. The molecule has 25 heavy (non-hydrogen) atoms. The highest BCUT2D eigenvalue weighted by atomic mass is 35.5. The van der Waals surface area contributed by atoms with Crippen molar-refractivity contribution >= 4 is 41.0 Å². The Hall–Kier alpha value is -2.02. The van der Waals surface area contributed by atoms with Crippen LogP contribution in [0.15, 0.2) is 42.5 Å². The lowest BCUT2D eigenvalue weighted by Crippen LogP contribution is -2.05. The molecule has 0 aliphatic rings. The molecular weight excluding hydrogens is 376 g/mol. The van der Waals surface area contributed by atoms with Crippen LogP contribution in [-0.2, 0) is 6.54 Å². The number of aromatic nitrogens is 1. The second-order valence-corrected chi connectivity index (χ2v) is 7.45. The molecular formula is C18H17ClN2O2S2. The van der Waals surface area contributed by atoms with Crippen molar-refractivity contribution in [3.63, 3.8) is 0 Å². The van der Waals surface area contributed by atoms with E-state index < -0.39 is 0 Å². The number of nitrogens with two attached hydrogens (primary N) is 1. The number of benzene rings is 2. The molecule has 1 heterocycles. The summed E-state index contributed by atoms with van der Waals surface area (Å²) in [5.41, 5.74) is 8.40. The number of thiazole rings is 1. The number of hydrogen-bond donors (Lipinski definition) is 1. The molecule has 7 heteroatoms. The van der Waals surface area contributed by atoms with E-state index in [1.807, 2.05) is 47.0 Å². The summed E-state index contributed by atoms with van der Waals surface area (Å²) >= 11 is 13.0. The first-order valence-corrected chi connectivity index (χ1v) is 9.09. The molecule has 0 atom stereocenters. The van der Waals surface area contributed by atoms with Crippen molar-refractivity contribution < 1.29 is 9.47 Å². The first kappa shape index (κ1) is 17.8. The number of rotatable bonds is 5. The molecule has 0 amide bonds. The first-order valence-electron chi connectivity index (χ1n) is 7.49. The van der Waals surface area contributed by atoms with Crippen LogP contribution in [-0.4, -0.2) is 18.8 Å².